The number of nitrogens with one attached hydrogen (secondary N) is 1. The first-order valence-electron chi connectivity index (χ1n) is 9.60. The van der Waals surface area contributed by atoms with E-state index in [0.717, 1.165) is 56.0 Å². The Labute approximate surface area is 151 Å². The van der Waals surface area contributed by atoms with Gasteiger partial charge < -0.3 is 20.1 Å². The summed E-state index contributed by atoms with van der Waals surface area (Å²) in [6.07, 6.45) is 6.39. The Morgan fingerprint density at radius 2 is 2.00 bits per heavy atom. The van der Waals surface area contributed by atoms with Crippen LogP contribution < -0.4 is 10.1 Å². The highest BCUT2D eigenvalue weighted by atomic mass is 16.5. The number of ether oxygens (including phenoxy) is 1. The van der Waals surface area contributed by atoms with Gasteiger partial charge in [0, 0.05) is 26.2 Å². The minimum Gasteiger partial charge on any atom is -0.504 e. The van der Waals surface area contributed by atoms with E-state index in [0.29, 0.717) is 5.75 Å². The van der Waals surface area contributed by atoms with Crippen molar-refractivity contribution < 1.29 is 9.84 Å². The van der Waals surface area contributed by atoms with Gasteiger partial charge in [0.05, 0.1) is 7.11 Å². The summed E-state index contributed by atoms with van der Waals surface area (Å²) >= 11 is 0. The van der Waals surface area contributed by atoms with Gasteiger partial charge in [-0.05, 0) is 55.7 Å². The van der Waals surface area contributed by atoms with Gasteiger partial charge in [0.25, 0.3) is 0 Å². The molecule has 1 aliphatic heterocycles. The Bertz CT molecular complexity index is 589. The summed E-state index contributed by atoms with van der Waals surface area (Å²) in [7, 11) is 1.58. The molecule has 25 heavy (non-hydrogen) atoms. The van der Waals surface area contributed by atoms with Crippen molar-refractivity contribution in [3.8, 4) is 11.5 Å². The second kappa shape index (κ2) is 8.45. The van der Waals surface area contributed by atoms with Crippen molar-refractivity contribution >= 4 is 5.96 Å². The first kappa shape index (κ1) is 17.9. The molecule has 1 heterocycles. The lowest BCUT2D eigenvalue weighted by Gasteiger charge is -2.22. The number of phenols is 1. The molecule has 2 aliphatic rings. The molecule has 1 aromatic carbocycles. The van der Waals surface area contributed by atoms with Gasteiger partial charge in [0.1, 0.15) is 0 Å². The number of benzene rings is 1. The van der Waals surface area contributed by atoms with Gasteiger partial charge in [0.15, 0.2) is 17.5 Å². The van der Waals surface area contributed by atoms with E-state index < -0.39 is 0 Å². The minimum atomic E-state index is 0.183. The fourth-order valence-corrected chi connectivity index (χ4v) is 4.17. The smallest absolute Gasteiger partial charge is 0.193 e. The van der Waals surface area contributed by atoms with E-state index >= 15 is 0 Å². The van der Waals surface area contributed by atoms with Crippen molar-refractivity contribution in [2.75, 3.05) is 33.3 Å². The van der Waals surface area contributed by atoms with Gasteiger partial charge >= 0.3 is 0 Å². The Balaban J connectivity index is 1.60. The van der Waals surface area contributed by atoms with E-state index in [1.807, 2.05) is 12.1 Å². The lowest BCUT2D eigenvalue weighted by molar-refractivity contribution is 0.299. The second-order valence-electron chi connectivity index (χ2n) is 7.20. The highest BCUT2D eigenvalue weighted by Crippen LogP contribution is 2.36. The second-order valence-corrected chi connectivity index (χ2v) is 7.20. The van der Waals surface area contributed by atoms with Crippen LogP contribution in [0.15, 0.2) is 23.2 Å². The maximum absolute atomic E-state index is 9.69. The lowest BCUT2D eigenvalue weighted by Crippen LogP contribution is -2.40. The monoisotopic (exact) mass is 345 g/mol. The standard InChI is InChI=1S/C20H31N3O2/c1-3-21-20(23-13-16-6-4-5-7-17(16)14-23)22-11-10-15-8-9-18(24)19(12-15)25-2/h8-9,12,16-17,24H,3-7,10-11,13-14H2,1-2H3,(H,21,22). The first-order valence-corrected chi connectivity index (χ1v) is 9.60. The highest BCUT2D eigenvalue weighted by molar-refractivity contribution is 5.80. The zero-order valence-electron chi connectivity index (χ0n) is 15.5. The molecular weight excluding hydrogens is 314 g/mol. The normalized spacial score (nSPS) is 23.4. The van der Waals surface area contributed by atoms with Gasteiger partial charge in [-0.15, -0.1) is 0 Å². The third-order valence-electron chi connectivity index (χ3n) is 5.52. The maximum Gasteiger partial charge on any atom is 0.193 e. The SMILES string of the molecule is CCNC(=NCCc1ccc(O)c(OC)c1)N1CC2CCCCC2C1. The zero-order valence-corrected chi connectivity index (χ0v) is 15.5. The molecule has 2 unspecified atom stereocenters. The average Bonchev–Trinajstić information content (AvgIpc) is 3.06. The van der Waals surface area contributed by atoms with E-state index in [1.165, 1.54) is 25.7 Å². The van der Waals surface area contributed by atoms with Crippen molar-refractivity contribution in [3.63, 3.8) is 0 Å². The predicted octanol–water partition coefficient (Wildman–Crippen LogP) is 3.03. The van der Waals surface area contributed by atoms with Crippen LogP contribution in [0.4, 0.5) is 0 Å². The van der Waals surface area contributed by atoms with E-state index in [4.69, 9.17) is 9.73 Å². The van der Waals surface area contributed by atoms with Gasteiger partial charge in [-0.25, -0.2) is 0 Å². The van der Waals surface area contributed by atoms with Crippen LogP contribution in [-0.2, 0) is 6.42 Å². The molecule has 0 bridgehead atoms. The Hall–Kier alpha value is -1.91. The van der Waals surface area contributed by atoms with Crippen molar-refractivity contribution in [2.24, 2.45) is 16.8 Å². The van der Waals surface area contributed by atoms with Crippen LogP contribution in [0.5, 0.6) is 11.5 Å². The molecule has 3 rings (SSSR count). The zero-order chi connectivity index (χ0) is 17.6. The molecule has 5 heteroatoms. The van der Waals surface area contributed by atoms with Crippen LogP contribution in [-0.4, -0.2) is 49.3 Å². The largest absolute Gasteiger partial charge is 0.504 e. The Morgan fingerprint density at radius 1 is 1.28 bits per heavy atom. The summed E-state index contributed by atoms with van der Waals surface area (Å²) in [5.41, 5.74) is 1.13. The third-order valence-corrected chi connectivity index (χ3v) is 5.52. The van der Waals surface area contributed by atoms with E-state index in [9.17, 15) is 5.11 Å². The molecule has 5 nitrogen and oxygen atoms in total. The minimum absolute atomic E-state index is 0.183. The molecule has 1 aromatic rings. The molecular formula is C20H31N3O2. The van der Waals surface area contributed by atoms with Gasteiger partial charge in [-0.1, -0.05) is 18.9 Å². The molecule has 138 valence electrons. The fraction of sp³-hybridized carbons (Fsp3) is 0.650. The number of guanidine groups is 1. The highest BCUT2D eigenvalue weighted by Gasteiger charge is 2.35. The van der Waals surface area contributed by atoms with Crippen molar-refractivity contribution in [2.45, 2.75) is 39.0 Å². The number of likely N-dealkylation sites (tertiary alicyclic amines) is 1. The van der Waals surface area contributed by atoms with Crippen LogP contribution in [0.2, 0.25) is 0 Å². The van der Waals surface area contributed by atoms with Gasteiger partial charge in [-0.2, -0.15) is 0 Å². The van der Waals surface area contributed by atoms with E-state index in [2.05, 4.69) is 17.1 Å². The number of aliphatic imine (C=N–C) groups is 1. The number of hydrogen-bond acceptors (Lipinski definition) is 3. The quantitative estimate of drug-likeness (QED) is 0.636. The van der Waals surface area contributed by atoms with Crippen molar-refractivity contribution in [1.82, 2.24) is 10.2 Å². The number of rotatable bonds is 5. The van der Waals surface area contributed by atoms with Crippen LogP contribution in [0.1, 0.15) is 38.2 Å². The average molecular weight is 345 g/mol. The third kappa shape index (κ3) is 4.39. The predicted molar refractivity (Wildman–Crippen MR) is 101 cm³/mol. The number of fused-ring (bicyclic) bond motifs is 1. The summed E-state index contributed by atoms with van der Waals surface area (Å²) in [5.74, 6) is 3.49. The number of methoxy groups -OCH3 is 1. The van der Waals surface area contributed by atoms with Crippen molar-refractivity contribution in [1.29, 1.82) is 0 Å². The number of nitrogens with zero attached hydrogens (tertiary/aromatic N) is 2. The summed E-state index contributed by atoms with van der Waals surface area (Å²) in [6, 6.07) is 5.52. The van der Waals surface area contributed by atoms with Crippen LogP contribution in [0.25, 0.3) is 0 Å². The first-order chi connectivity index (χ1) is 12.2. The van der Waals surface area contributed by atoms with Crippen LogP contribution in [0, 0.1) is 11.8 Å². The summed E-state index contributed by atoms with van der Waals surface area (Å²) in [5, 5.41) is 13.2. The molecule has 2 atom stereocenters. The molecule has 1 saturated heterocycles. The molecule has 2 fully saturated rings. The van der Waals surface area contributed by atoms with Crippen LogP contribution in [0.3, 0.4) is 0 Å². The molecule has 2 N–H and O–H groups in total. The molecule has 0 amide bonds. The van der Waals surface area contributed by atoms with Crippen LogP contribution >= 0.6 is 0 Å². The molecule has 0 radical (unpaired) electrons. The molecule has 1 saturated carbocycles. The number of aromatic hydroxyl groups is 1. The number of phenolic OH excluding ortho intramolecular Hbond substituents is 1. The summed E-state index contributed by atoms with van der Waals surface area (Å²) < 4.78 is 5.18. The van der Waals surface area contributed by atoms with Crippen molar-refractivity contribution in [3.05, 3.63) is 23.8 Å². The van der Waals surface area contributed by atoms with Gasteiger partial charge in [-0.3, -0.25) is 4.99 Å². The molecule has 0 aromatic heterocycles. The Morgan fingerprint density at radius 3 is 2.64 bits per heavy atom. The maximum atomic E-state index is 9.69. The van der Waals surface area contributed by atoms with E-state index in [-0.39, 0.29) is 5.75 Å². The van der Waals surface area contributed by atoms with Gasteiger partial charge in [0.2, 0.25) is 0 Å². The van der Waals surface area contributed by atoms with E-state index in [1.54, 1.807) is 13.2 Å². The Kier molecular flexibility index (Phi) is 6.05. The topological polar surface area (TPSA) is 57.1 Å². The molecule has 1 aliphatic carbocycles. The summed E-state index contributed by atoms with van der Waals surface area (Å²) in [4.78, 5) is 7.31. The molecule has 0 spiro atoms. The summed E-state index contributed by atoms with van der Waals surface area (Å²) in [6.45, 7) is 6.08. The number of hydrogen-bond donors (Lipinski definition) is 2. The fourth-order valence-electron chi connectivity index (χ4n) is 4.17. The lowest BCUT2D eigenvalue weighted by atomic mass is 9.82.